The van der Waals surface area contributed by atoms with Crippen LogP contribution in [0, 0.1) is 0 Å². The van der Waals surface area contributed by atoms with Crippen LogP contribution < -0.4 is 14.9 Å². The maximum atomic E-state index is 12.0. The van der Waals surface area contributed by atoms with Crippen molar-refractivity contribution in [2.75, 3.05) is 12.9 Å². The third kappa shape index (κ3) is 7.41. The van der Waals surface area contributed by atoms with Crippen molar-refractivity contribution in [2.45, 2.75) is 11.5 Å². The van der Waals surface area contributed by atoms with Gasteiger partial charge in [-0.05, 0) is 59.7 Å². The highest BCUT2D eigenvalue weighted by molar-refractivity contribution is 8.00. The number of halogens is 2. The van der Waals surface area contributed by atoms with Crippen LogP contribution in [0.2, 0.25) is 10.0 Å². The standard InChI is InChI=1S/C24H20Cl2N2O5S/c1-32-21-11-16(12-27-28-22(29)14-34-19-8-6-18(25)7-9-19)10-20(26)23(21)33-13-15-2-4-17(5-3-15)24(30)31/h2-12H,13-14H2,1H3,(H,28,29)(H,30,31)/b27-12-. The molecular weight excluding hydrogens is 499 g/mol. The second-order valence-corrected chi connectivity index (χ2v) is 8.75. The SMILES string of the molecule is COc1cc(/C=N\NC(=O)CSc2ccc(Cl)cc2)cc(Cl)c1OCc1ccc(C(=O)O)cc1. The average molecular weight is 519 g/mol. The van der Waals surface area contributed by atoms with Gasteiger partial charge in [0.1, 0.15) is 6.61 Å². The Labute approximate surface area is 210 Å². The lowest BCUT2D eigenvalue weighted by Crippen LogP contribution is -2.19. The fourth-order valence-electron chi connectivity index (χ4n) is 2.74. The Bertz CT molecular complexity index is 1190. The summed E-state index contributed by atoms with van der Waals surface area (Å²) in [4.78, 5) is 23.9. The summed E-state index contributed by atoms with van der Waals surface area (Å²) < 4.78 is 11.2. The lowest BCUT2D eigenvalue weighted by atomic mass is 10.1. The fourth-order valence-corrected chi connectivity index (χ4v) is 3.83. The molecule has 0 saturated carbocycles. The van der Waals surface area contributed by atoms with E-state index in [1.54, 1.807) is 36.4 Å². The Hall–Kier alpha value is -3.20. The Morgan fingerprint density at radius 3 is 2.44 bits per heavy atom. The lowest BCUT2D eigenvalue weighted by molar-refractivity contribution is -0.118. The van der Waals surface area contributed by atoms with E-state index in [0.717, 1.165) is 10.5 Å². The Morgan fingerprint density at radius 2 is 1.79 bits per heavy atom. The first-order chi connectivity index (χ1) is 16.4. The van der Waals surface area contributed by atoms with Gasteiger partial charge in [0.25, 0.3) is 0 Å². The molecule has 0 aliphatic heterocycles. The van der Waals surface area contributed by atoms with Crippen LogP contribution in [0.3, 0.4) is 0 Å². The summed E-state index contributed by atoms with van der Waals surface area (Å²) in [5.74, 6) is -0.328. The molecule has 0 spiro atoms. The molecule has 3 aromatic rings. The molecule has 34 heavy (non-hydrogen) atoms. The Balaban J connectivity index is 1.57. The molecule has 10 heteroatoms. The van der Waals surface area contributed by atoms with Gasteiger partial charge in [-0.1, -0.05) is 35.3 Å². The zero-order valence-corrected chi connectivity index (χ0v) is 20.3. The molecule has 0 saturated heterocycles. The summed E-state index contributed by atoms with van der Waals surface area (Å²) in [6.45, 7) is 0.171. The normalized spacial score (nSPS) is 10.8. The summed E-state index contributed by atoms with van der Waals surface area (Å²) in [6.07, 6.45) is 1.45. The number of hydrogen-bond acceptors (Lipinski definition) is 6. The second kappa shape index (κ2) is 12.3. The van der Waals surface area contributed by atoms with Crippen LogP contribution >= 0.6 is 35.0 Å². The third-order valence-electron chi connectivity index (χ3n) is 4.42. The first kappa shape index (κ1) is 25.4. The average Bonchev–Trinajstić information content (AvgIpc) is 2.83. The number of rotatable bonds is 10. The molecule has 176 valence electrons. The van der Waals surface area contributed by atoms with Crippen LogP contribution in [0.1, 0.15) is 21.5 Å². The summed E-state index contributed by atoms with van der Waals surface area (Å²) in [5.41, 5.74) is 4.04. The molecule has 0 radical (unpaired) electrons. The molecule has 1 amide bonds. The second-order valence-electron chi connectivity index (χ2n) is 6.86. The number of aromatic carboxylic acids is 1. The van der Waals surface area contributed by atoms with Gasteiger partial charge >= 0.3 is 5.97 Å². The lowest BCUT2D eigenvalue weighted by Gasteiger charge is -2.13. The predicted molar refractivity (Wildman–Crippen MR) is 134 cm³/mol. The van der Waals surface area contributed by atoms with Crippen molar-refractivity contribution in [1.29, 1.82) is 0 Å². The first-order valence-electron chi connectivity index (χ1n) is 9.88. The van der Waals surface area contributed by atoms with Crippen LogP contribution in [-0.4, -0.2) is 36.1 Å². The molecule has 0 aliphatic carbocycles. The molecule has 0 bridgehead atoms. The van der Waals surface area contributed by atoms with Gasteiger partial charge in [-0.2, -0.15) is 5.10 Å². The summed E-state index contributed by atoms with van der Waals surface area (Å²) in [6, 6.07) is 16.8. The summed E-state index contributed by atoms with van der Waals surface area (Å²) in [7, 11) is 1.48. The molecule has 0 unspecified atom stereocenters. The van der Waals surface area contributed by atoms with Gasteiger partial charge in [0.15, 0.2) is 11.5 Å². The molecule has 0 fully saturated rings. The smallest absolute Gasteiger partial charge is 0.335 e. The Morgan fingerprint density at radius 1 is 1.09 bits per heavy atom. The summed E-state index contributed by atoms with van der Waals surface area (Å²) >= 11 is 13.6. The maximum Gasteiger partial charge on any atom is 0.335 e. The molecule has 0 aliphatic rings. The zero-order chi connectivity index (χ0) is 24.5. The van der Waals surface area contributed by atoms with Gasteiger partial charge in [-0.3, -0.25) is 4.79 Å². The van der Waals surface area contributed by atoms with E-state index < -0.39 is 5.97 Å². The minimum atomic E-state index is -0.995. The monoisotopic (exact) mass is 518 g/mol. The molecule has 3 aromatic carbocycles. The first-order valence-corrected chi connectivity index (χ1v) is 11.6. The number of benzene rings is 3. The number of methoxy groups -OCH3 is 1. The van der Waals surface area contributed by atoms with Crippen molar-refractivity contribution in [3.8, 4) is 11.5 Å². The number of amides is 1. The number of carbonyl (C=O) groups excluding carboxylic acids is 1. The van der Waals surface area contributed by atoms with Crippen LogP contribution in [0.15, 0.2) is 70.7 Å². The largest absolute Gasteiger partial charge is 0.493 e. The maximum absolute atomic E-state index is 12.0. The molecule has 0 aromatic heterocycles. The highest BCUT2D eigenvalue weighted by Crippen LogP contribution is 2.36. The fraction of sp³-hybridized carbons (Fsp3) is 0.125. The van der Waals surface area contributed by atoms with E-state index in [2.05, 4.69) is 10.5 Å². The minimum absolute atomic E-state index is 0.171. The quantitative estimate of drug-likeness (QED) is 0.208. The molecule has 0 atom stereocenters. The van der Waals surface area contributed by atoms with E-state index in [4.69, 9.17) is 37.8 Å². The molecular formula is C24H20Cl2N2O5S. The number of nitrogens with zero attached hydrogens (tertiary/aromatic N) is 1. The number of hydrazone groups is 1. The van der Waals surface area contributed by atoms with Crippen molar-refractivity contribution in [3.63, 3.8) is 0 Å². The molecule has 2 N–H and O–H groups in total. The van der Waals surface area contributed by atoms with Crippen molar-refractivity contribution < 1.29 is 24.2 Å². The van der Waals surface area contributed by atoms with Gasteiger partial charge in [-0.25, -0.2) is 10.2 Å². The van der Waals surface area contributed by atoms with Crippen LogP contribution in [0.25, 0.3) is 0 Å². The third-order valence-corrected chi connectivity index (χ3v) is 5.97. The number of nitrogens with one attached hydrogen (secondary N) is 1. The van der Waals surface area contributed by atoms with Gasteiger partial charge in [-0.15, -0.1) is 11.8 Å². The number of carbonyl (C=O) groups is 2. The van der Waals surface area contributed by atoms with Crippen molar-refractivity contribution in [1.82, 2.24) is 5.43 Å². The van der Waals surface area contributed by atoms with E-state index in [0.29, 0.717) is 27.1 Å². The molecule has 7 nitrogen and oxygen atoms in total. The van der Waals surface area contributed by atoms with E-state index in [1.165, 1.54) is 37.2 Å². The van der Waals surface area contributed by atoms with E-state index >= 15 is 0 Å². The molecule has 3 rings (SSSR count). The van der Waals surface area contributed by atoms with Crippen LogP contribution in [0.4, 0.5) is 0 Å². The van der Waals surface area contributed by atoms with Crippen molar-refractivity contribution in [2.24, 2.45) is 5.10 Å². The van der Waals surface area contributed by atoms with Crippen molar-refractivity contribution >= 4 is 53.1 Å². The number of carboxylic acid groups (broad SMARTS) is 1. The number of carboxylic acids is 1. The number of ether oxygens (including phenoxy) is 2. The van der Waals surface area contributed by atoms with Gasteiger partial charge < -0.3 is 14.6 Å². The van der Waals surface area contributed by atoms with Gasteiger partial charge in [0, 0.05) is 9.92 Å². The minimum Gasteiger partial charge on any atom is -0.493 e. The van der Waals surface area contributed by atoms with Crippen molar-refractivity contribution in [3.05, 3.63) is 87.4 Å². The van der Waals surface area contributed by atoms with Gasteiger partial charge in [0.05, 0.1) is 29.7 Å². The number of thioether (sulfide) groups is 1. The highest BCUT2D eigenvalue weighted by atomic mass is 35.5. The van der Waals surface area contributed by atoms with Crippen LogP contribution in [-0.2, 0) is 11.4 Å². The highest BCUT2D eigenvalue weighted by Gasteiger charge is 2.12. The number of hydrogen-bond donors (Lipinski definition) is 2. The zero-order valence-electron chi connectivity index (χ0n) is 18.0. The summed E-state index contributed by atoms with van der Waals surface area (Å²) in [5, 5.41) is 13.9. The van der Waals surface area contributed by atoms with Crippen LogP contribution in [0.5, 0.6) is 11.5 Å². The molecule has 0 heterocycles. The van der Waals surface area contributed by atoms with Gasteiger partial charge in [0.2, 0.25) is 5.91 Å². The van der Waals surface area contributed by atoms with E-state index in [9.17, 15) is 9.59 Å². The van der Waals surface area contributed by atoms with E-state index in [-0.39, 0.29) is 23.8 Å². The Kier molecular flexibility index (Phi) is 9.21. The topological polar surface area (TPSA) is 97.2 Å². The van der Waals surface area contributed by atoms with E-state index in [1.807, 2.05) is 12.1 Å². The predicted octanol–water partition coefficient (Wildman–Crippen LogP) is 5.52.